The predicted molar refractivity (Wildman–Crippen MR) is 94.1 cm³/mol. The van der Waals surface area contributed by atoms with Gasteiger partial charge in [-0.2, -0.15) is 0 Å². The maximum atomic E-state index is 12.5. The molecule has 7 nitrogen and oxygen atoms in total. The molecule has 1 aromatic heterocycles. The smallest absolute Gasteiger partial charge is 0.317 e. The zero-order valence-corrected chi connectivity index (χ0v) is 14.7. The molecule has 2 aliphatic rings. The first kappa shape index (κ1) is 17.0. The van der Waals surface area contributed by atoms with Crippen LogP contribution in [0.2, 0.25) is 0 Å². The van der Waals surface area contributed by atoms with E-state index in [1.807, 2.05) is 11.0 Å². The minimum Gasteiger partial charge on any atom is -0.339 e. The van der Waals surface area contributed by atoms with Crippen LogP contribution in [0.4, 0.5) is 10.7 Å². The number of carbonyl (C=O) groups excluding carboxylic acids is 1. The average Bonchev–Trinajstić information content (AvgIpc) is 2.63. The predicted octanol–water partition coefficient (Wildman–Crippen LogP) is 1.18. The van der Waals surface area contributed by atoms with Gasteiger partial charge in [0.2, 0.25) is 5.95 Å². The number of hydrogen-bond donors (Lipinski definition) is 1. The van der Waals surface area contributed by atoms with Gasteiger partial charge in [0.05, 0.1) is 0 Å². The molecule has 0 radical (unpaired) electrons. The average molecular weight is 332 g/mol. The van der Waals surface area contributed by atoms with Crippen molar-refractivity contribution in [1.82, 2.24) is 25.1 Å². The zero-order valence-electron chi connectivity index (χ0n) is 14.7. The third-order valence-corrected chi connectivity index (χ3v) is 4.92. The number of nitrogens with zero attached hydrogens (tertiary/aromatic N) is 5. The van der Waals surface area contributed by atoms with Gasteiger partial charge < -0.3 is 15.1 Å². The Kier molecular flexibility index (Phi) is 5.50. The first-order chi connectivity index (χ1) is 11.6. The van der Waals surface area contributed by atoms with E-state index in [0.717, 1.165) is 58.1 Å². The minimum absolute atomic E-state index is 0.0687. The van der Waals surface area contributed by atoms with Crippen molar-refractivity contribution in [3.05, 3.63) is 18.5 Å². The molecule has 3 rings (SSSR count). The van der Waals surface area contributed by atoms with Crippen LogP contribution < -0.4 is 10.2 Å². The van der Waals surface area contributed by atoms with Crippen molar-refractivity contribution in [2.24, 2.45) is 0 Å². The number of rotatable bonds is 3. The number of carbonyl (C=O) groups is 1. The number of nitrogens with one attached hydrogen (secondary N) is 1. The Balaban J connectivity index is 1.50. The summed E-state index contributed by atoms with van der Waals surface area (Å²) in [6.07, 6.45) is 5.59. The third kappa shape index (κ3) is 4.14. The van der Waals surface area contributed by atoms with E-state index in [2.05, 4.69) is 38.9 Å². The van der Waals surface area contributed by atoms with Gasteiger partial charge in [-0.1, -0.05) is 0 Å². The van der Waals surface area contributed by atoms with Crippen molar-refractivity contribution in [3.8, 4) is 0 Å². The molecule has 0 aliphatic carbocycles. The Morgan fingerprint density at radius 3 is 2.54 bits per heavy atom. The summed E-state index contributed by atoms with van der Waals surface area (Å²) in [5.74, 6) is 0.752. The zero-order chi connectivity index (χ0) is 16.9. The van der Waals surface area contributed by atoms with Gasteiger partial charge in [0, 0.05) is 63.7 Å². The number of hydrogen-bond acceptors (Lipinski definition) is 5. The largest absolute Gasteiger partial charge is 0.339 e. The molecule has 0 spiro atoms. The van der Waals surface area contributed by atoms with E-state index < -0.39 is 0 Å². The quantitative estimate of drug-likeness (QED) is 0.900. The lowest BCUT2D eigenvalue weighted by Crippen LogP contribution is -2.56. The Morgan fingerprint density at radius 2 is 1.88 bits per heavy atom. The second kappa shape index (κ2) is 7.79. The Morgan fingerprint density at radius 1 is 1.17 bits per heavy atom. The van der Waals surface area contributed by atoms with Gasteiger partial charge in [-0.15, -0.1) is 0 Å². The molecular formula is C17H28N6O. The summed E-state index contributed by atoms with van der Waals surface area (Å²) in [5.41, 5.74) is 0. The van der Waals surface area contributed by atoms with Crippen LogP contribution in [-0.2, 0) is 0 Å². The molecule has 2 fully saturated rings. The van der Waals surface area contributed by atoms with Gasteiger partial charge in [-0.25, -0.2) is 14.8 Å². The van der Waals surface area contributed by atoms with Gasteiger partial charge in [0.15, 0.2) is 0 Å². The number of anilines is 1. The molecule has 1 N–H and O–H groups in total. The lowest BCUT2D eigenvalue weighted by molar-refractivity contribution is 0.117. The molecule has 2 saturated heterocycles. The Labute approximate surface area is 144 Å². The van der Waals surface area contributed by atoms with Gasteiger partial charge in [-0.05, 0) is 32.8 Å². The van der Waals surface area contributed by atoms with Crippen LogP contribution in [0.3, 0.4) is 0 Å². The summed E-state index contributed by atoms with van der Waals surface area (Å²) in [7, 11) is 0. The third-order valence-electron chi connectivity index (χ3n) is 4.92. The van der Waals surface area contributed by atoms with Crippen molar-refractivity contribution in [3.63, 3.8) is 0 Å². The highest BCUT2D eigenvalue weighted by atomic mass is 16.2. The normalized spacial score (nSPS) is 22.7. The van der Waals surface area contributed by atoms with Crippen molar-refractivity contribution in [2.75, 3.05) is 44.2 Å². The van der Waals surface area contributed by atoms with Crippen molar-refractivity contribution in [2.45, 2.75) is 38.8 Å². The van der Waals surface area contributed by atoms with Crippen LogP contribution in [0.5, 0.6) is 0 Å². The van der Waals surface area contributed by atoms with Crippen LogP contribution in [0.1, 0.15) is 26.7 Å². The van der Waals surface area contributed by atoms with Crippen LogP contribution in [0, 0.1) is 0 Å². The lowest BCUT2D eigenvalue weighted by atomic mass is 10.1. The molecule has 24 heavy (non-hydrogen) atoms. The van der Waals surface area contributed by atoms with E-state index in [9.17, 15) is 4.79 Å². The highest BCUT2D eigenvalue weighted by Gasteiger charge is 2.27. The van der Waals surface area contributed by atoms with E-state index in [1.165, 1.54) is 0 Å². The highest BCUT2D eigenvalue weighted by Crippen LogP contribution is 2.16. The lowest BCUT2D eigenvalue weighted by Gasteiger charge is -2.38. The first-order valence-corrected chi connectivity index (χ1v) is 8.95. The Bertz CT molecular complexity index is 529. The molecule has 0 aromatic carbocycles. The SMILES string of the molecule is CC(C)N1CCN(C(=O)NC2CCCN(c3ncccn3)C2)CC1. The fourth-order valence-electron chi connectivity index (χ4n) is 3.44. The monoisotopic (exact) mass is 332 g/mol. The summed E-state index contributed by atoms with van der Waals surface area (Å²) in [6, 6.07) is 2.61. The van der Waals surface area contributed by atoms with Crippen LogP contribution in [0.25, 0.3) is 0 Å². The van der Waals surface area contributed by atoms with E-state index in [0.29, 0.717) is 6.04 Å². The first-order valence-electron chi connectivity index (χ1n) is 8.95. The topological polar surface area (TPSA) is 64.6 Å². The standard InChI is InChI=1S/C17H28N6O/c1-14(2)21-9-11-22(12-10-21)17(24)20-15-5-3-8-23(13-15)16-18-6-4-7-19-16/h4,6-7,14-15H,3,5,8-13H2,1-2H3,(H,20,24). The number of amides is 2. The van der Waals surface area contributed by atoms with Gasteiger partial charge in [0.25, 0.3) is 0 Å². The van der Waals surface area contributed by atoms with E-state index in [-0.39, 0.29) is 12.1 Å². The molecule has 3 heterocycles. The molecule has 1 atom stereocenters. The summed E-state index contributed by atoms with van der Waals surface area (Å²) in [4.78, 5) is 27.7. The fourth-order valence-corrected chi connectivity index (χ4v) is 3.44. The van der Waals surface area contributed by atoms with Gasteiger partial charge in [-0.3, -0.25) is 4.90 Å². The second-order valence-corrected chi connectivity index (χ2v) is 6.90. The summed E-state index contributed by atoms with van der Waals surface area (Å²) < 4.78 is 0. The fraction of sp³-hybridized carbons (Fsp3) is 0.706. The number of urea groups is 1. The highest BCUT2D eigenvalue weighted by molar-refractivity contribution is 5.74. The Hall–Kier alpha value is -1.89. The molecule has 7 heteroatoms. The second-order valence-electron chi connectivity index (χ2n) is 6.90. The van der Waals surface area contributed by atoms with E-state index in [4.69, 9.17) is 0 Å². The van der Waals surface area contributed by atoms with Gasteiger partial charge >= 0.3 is 6.03 Å². The molecule has 1 unspecified atom stereocenters. The van der Waals surface area contributed by atoms with Crippen LogP contribution >= 0.6 is 0 Å². The molecule has 1 aromatic rings. The molecule has 0 bridgehead atoms. The maximum absolute atomic E-state index is 12.5. The minimum atomic E-state index is 0.0687. The molecule has 132 valence electrons. The van der Waals surface area contributed by atoms with Gasteiger partial charge in [0.1, 0.15) is 0 Å². The number of aromatic nitrogens is 2. The van der Waals surface area contributed by atoms with Crippen molar-refractivity contribution < 1.29 is 4.79 Å². The molecular weight excluding hydrogens is 304 g/mol. The molecule has 0 saturated carbocycles. The molecule has 2 amide bonds. The van der Waals surface area contributed by atoms with Crippen molar-refractivity contribution in [1.29, 1.82) is 0 Å². The van der Waals surface area contributed by atoms with Crippen molar-refractivity contribution >= 4 is 12.0 Å². The summed E-state index contributed by atoms with van der Waals surface area (Å²) in [6.45, 7) is 9.67. The number of piperazine rings is 1. The van der Waals surface area contributed by atoms with Crippen LogP contribution in [-0.4, -0.2) is 77.2 Å². The van der Waals surface area contributed by atoms with Crippen LogP contribution in [0.15, 0.2) is 18.5 Å². The van der Waals surface area contributed by atoms with E-state index in [1.54, 1.807) is 12.4 Å². The summed E-state index contributed by atoms with van der Waals surface area (Å²) >= 11 is 0. The number of piperidine rings is 1. The summed E-state index contributed by atoms with van der Waals surface area (Å²) in [5, 5.41) is 3.20. The molecule has 2 aliphatic heterocycles. The van der Waals surface area contributed by atoms with E-state index >= 15 is 0 Å². The maximum Gasteiger partial charge on any atom is 0.317 e.